The zero-order chi connectivity index (χ0) is 88.8. The van der Waals surface area contributed by atoms with Gasteiger partial charge in [0.05, 0.1) is 115 Å². The Bertz CT molecular complexity index is 4660. The molecule has 0 aliphatic carbocycles. The van der Waals surface area contributed by atoms with Crippen LogP contribution in [0.3, 0.4) is 0 Å². The summed E-state index contributed by atoms with van der Waals surface area (Å²) in [6.07, 6.45) is 7.35. The Labute approximate surface area is 730 Å². The highest BCUT2D eigenvalue weighted by Gasteiger charge is 2.27. The lowest BCUT2D eigenvalue weighted by atomic mass is 9.89. The quantitative estimate of drug-likeness (QED) is 0.0320. The number of ether oxygens (including phenoxy) is 4. The Morgan fingerprint density at radius 1 is 0.602 bits per heavy atom. The molecule has 11 rings (SSSR count). The van der Waals surface area contributed by atoms with Gasteiger partial charge < -0.3 is 76.4 Å². The van der Waals surface area contributed by atoms with E-state index in [0.717, 1.165) is 82.2 Å². The predicted octanol–water partition coefficient (Wildman–Crippen LogP) is 16.5. The number of nitrogen functional groups attached to an aromatic ring is 4. The number of thiazole rings is 6. The standard InChI is InChI=1S/C8H13NO3S2.C8H11NO2S.C8H12OS.C7H12N2S.C7H9NO2S.C7H11NO2.C6H6ClNO2S.C6H7FN2O2S.C6H8FNOS.C6H10N2O2.C4H5NS.2CH4/c1-8(2,10)7-6(9)5(4-13-7)14(3,11)12;1-3-11-8(10)4-7-5-12-6(2)9-7;1-6-4-10-5-7(6)8(2,3)9;1-7(2,3)5-4-9-10-6(5)8;1-3-10-7(9)6-4-11-5(2)8-6;1-5-7(3-4-9)8-6(2)10-5;1-3-8-4(5(7)11-3)6(9)10-2;1-2-11-5(10)3-4(7)12-6(8)9-3;1-4-8-5(2-3-9)6(7)10-4;1-6(2,9)4-3-8-10-5(4)7;1-4-5-2-3-6-4;;/h4,10H,9H2,1-3H3;5H,3-4H2,1-2H3;4-5,9H,1-3H3;4H,8H2,1-3H3;4H,3H2,1-2H3;9H,3-4H2,1-2H3;1-2H3;2H2,1H3,(H2,8,9);9H,2-3H2,1H3;3,9H,7H2,1-2H3;2-3H,1H3;2*1H4. The lowest BCUT2D eigenvalue weighted by Gasteiger charge is -2.16. The Morgan fingerprint density at radius 3 is 1.49 bits per heavy atom. The minimum Gasteiger partial charge on any atom is -0.466 e. The van der Waals surface area contributed by atoms with E-state index in [-0.39, 0.29) is 96.6 Å². The molecule has 0 saturated carbocycles. The van der Waals surface area contributed by atoms with E-state index in [9.17, 15) is 51.7 Å². The summed E-state index contributed by atoms with van der Waals surface area (Å²) >= 11 is 17.4. The molecule has 11 heterocycles. The number of rotatable bonds is 16. The normalized spacial score (nSPS) is 10.6. The van der Waals surface area contributed by atoms with Gasteiger partial charge in [-0.05, 0) is 150 Å². The zero-order valence-corrected chi connectivity index (χ0v) is 77.5. The van der Waals surface area contributed by atoms with Crippen LogP contribution in [-0.4, -0.2) is 149 Å². The third-order valence-corrected chi connectivity index (χ3v) is 22.5. The molecular weight excluding hydrogens is 1750 g/mol. The Kier molecular flexibility index (Phi) is 51.8. The first-order valence-electron chi connectivity index (χ1n) is 34.6. The summed E-state index contributed by atoms with van der Waals surface area (Å²) in [6.45, 7) is 37.7. The summed E-state index contributed by atoms with van der Waals surface area (Å²) in [5.74, 6) is -0.151. The van der Waals surface area contributed by atoms with Crippen molar-refractivity contribution in [1.82, 2.24) is 44.4 Å². The van der Waals surface area contributed by atoms with Crippen molar-refractivity contribution in [2.45, 2.75) is 200 Å². The van der Waals surface area contributed by atoms with Gasteiger partial charge in [0, 0.05) is 78.7 Å². The molecule has 0 radical (unpaired) electrons. The summed E-state index contributed by atoms with van der Waals surface area (Å²) in [7, 11) is -2.00. The summed E-state index contributed by atoms with van der Waals surface area (Å²) in [6, 6.07) is 0. The van der Waals surface area contributed by atoms with Crippen LogP contribution in [0.25, 0.3) is 0 Å². The Hall–Kier alpha value is -7.79. The highest BCUT2D eigenvalue weighted by Crippen LogP contribution is 2.37. The molecule has 118 heavy (non-hydrogen) atoms. The number of hydrogen-bond acceptors (Lipinski definition) is 39. The number of aromatic nitrogens is 9. The number of carbonyl (C=O) groups excluding carboxylic acids is 4. The van der Waals surface area contributed by atoms with E-state index >= 15 is 0 Å². The van der Waals surface area contributed by atoms with Crippen molar-refractivity contribution in [1.29, 1.82) is 0 Å². The molecule has 30 nitrogen and oxygen atoms in total. The fourth-order valence-corrected chi connectivity index (χ4v) is 16.3. The number of anilines is 4. The number of thiophene rings is 2. The van der Waals surface area contributed by atoms with E-state index in [2.05, 4.69) is 79.2 Å². The number of halogens is 3. The molecule has 0 bridgehead atoms. The monoisotopic (exact) mass is 1860 g/mol. The zero-order valence-electron chi connectivity index (χ0n) is 68.5. The molecule has 0 spiro atoms. The van der Waals surface area contributed by atoms with Crippen LogP contribution in [0.1, 0.15) is 210 Å². The molecule has 11 aromatic heterocycles. The van der Waals surface area contributed by atoms with Crippen LogP contribution >= 0.6 is 114 Å². The SMILES string of the molecule is C.C.CC(C)(C)c1cnsc1N.CC(C)(O)c1cnoc1N.CC(C)(O)c1scc(S(C)(=O)=O)c1N.CCOC(=O)Cc1csc(C)n1.CCOC(=O)c1csc(C)n1.CCOC(=O)c1nc(N)sc1F.COC(=O)c1nc(C)sc1Cl.Cc1cscc1C(C)(C)O.Cc1nc(CCO)c(C)o1.Cc1nc(CCO)c(F)s1.Cc1nccs1. The molecule has 0 unspecified atom stereocenters. The summed E-state index contributed by atoms with van der Waals surface area (Å²) < 4.78 is 80.5. The first kappa shape index (κ1) is 112. The molecule has 0 aliphatic rings. The highest BCUT2D eigenvalue weighted by molar-refractivity contribution is 7.91. The van der Waals surface area contributed by atoms with Gasteiger partial charge in [-0.25, -0.2) is 52.7 Å². The molecular formula is C75H112ClF2N13O17S10. The maximum atomic E-state index is 12.8. The number of oxazole rings is 1. The highest BCUT2D eigenvalue weighted by atomic mass is 35.5. The van der Waals surface area contributed by atoms with Gasteiger partial charge >= 0.3 is 23.9 Å². The van der Waals surface area contributed by atoms with E-state index in [0.29, 0.717) is 74.5 Å². The van der Waals surface area contributed by atoms with Crippen molar-refractivity contribution < 1.29 is 89.8 Å². The van der Waals surface area contributed by atoms with Crippen molar-refractivity contribution in [2.75, 3.05) is 69.3 Å². The molecule has 13 N–H and O–H groups in total. The lowest BCUT2D eigenvalue weighted by Crippen LogP contribution is -2.16. The number of hydrogen-bond donors (Lipinski definition) is 9. The van der Waals surface area contributed by atoms with Crippen LogP contribution in [0.15, 0.2) is 64.7 Å². The number of aliphatic hydroxyl groups excluding tert-OH is 2. The van der Waals surface area contributed by atoms with Crippen molar-refractivity contribution in [3.05, 3.63) is 163 Å². The van der Waals surface area contributed by atoms with Gasteiger partial charge in [-0.1, -0.05) is 75.1 Å². The van der Waals surface area contributed by atoms with E-state index in [1.54, 1.807) is 115 Å². The molecule has 0 aromatic carbocycles. The molecule has 0 aliphatic heterocycles. The van der Waals surface area contributed by atoms with E-state index in [1.165, 1.54) is 58.5 Å². The van der Waals surface area contributed by atoms with E-state index in [1.807, 2.05) is 76.2 Å². The van der Waals surface area contributed by atoms with Gasteiger partial charge in [-0.15, -0.1) is 56.7 Å². The van der Waals surface area contributed by atoms with Gasteiger partial charge in [0.2, 0.25) is 11.0 Å². The number of nitrogens with two attached hydrogens (primary N) is 4. The van der Waals surface area contributed by atoms with Crippen molar-refractivity contribution >= 4 is 169 Å². The van der Waals surface area contributed by atoms with Gasteiger partial charge in [0.1, 0.15) is 20.0 Å². The number of carbonyl (C=O) groups is 4. The third-order valence-electron chi connectivity index (χ3n) is 13.5. The van der Waals surface area contributed by atoms with Crippen LogP contribution in [0.5, 0.6) is 0 Å². The van der Waals surface area contributed by atoms with Crippen molar-refractivity contribution in [2.24, 2.45) is 0 Å². The Balaban J connectivity index is 0. The summed E-state index contributed by atoms with van der Waals surface area (Å²) in [5, 5.41) is 64.5. The number of nitrogens with zero attached hydrogens (tertiary/aromatic N) is 9. The van der Waals surface area contributed by atoms with Gasteiger partial charge in [-0.3, -0.25) is 9.78 Å². The van der Waals surface area contributed by atoms with Crippen molar-refractivity contribution in [3.8, 4) is 0 Å². The third kappa shape index (κ3) is 42.4. The first-order chi connectivity index (χ1) is 53.8. The molecule has 0 fully saturated rings. The number of methoxy groups -OCH3 is 1. The van der Waals surface area contributed by atoms with E-state index in [4.69, 9.17) is 58.6 Å². The molecule has 0 saturated heterocycles. The van der Waals surface area contributed by atoms with Crippen LogP contribution in [0.2, 0.25) is 4.34 Å². The lowest BCUT2D eigenvalue weighted by molar-refractivity contribution is -0.142. The van der Waals surface area contributed by atoms with Crippen molar-refractivity contribution in [3.63, 3.8) is 0 Å². The molecule has 0 amide bonds. The number of sulfone groups is 1. The second-order valence-electron chi connectivity index (χ2n) is 26.0. The molecule has 11 aromatic rings. The van der Waals surface area contributed by atoms with Gasteiger partial charge in [0.25, 0.3) is 0 Å². The van der Waals surface area contributed by atoms with Crippen LogP contribution in [-0.2, 0) is 75.1 Å². The summed E-state index contributed by atoms with van der Waals surface area (Å²) in [5.41, 5.74) is 25.6. The second kappa shape index (κ2) is 54.5. The summed E-state index contributed by atoms with van der Waals surface area (Å²) in [4.78, 5) is 71.7. The maximum Gasteiger partial charge on any atom is 0.361 e. The number of aliphatic hydroxyl groups is 5. The fourth-order valence-electron chi connectivity index (χ4n) is 8.31. The Morgan fingerprint density at radius 2 is 1.17 bits per heavy atom. The molecule has 43 heteroatoms. The van der Waals surface area contributed by atoms with Gasteiger partial charge in [0.15, 0.2) is 43.1 Å². The molecule has 0 atom stereocenters. The second-order valence-corrected chi connectivity index (χ2v) is 37.6. The average Bonchev–Trinajstić information content (AvgIpc) is 1.65. The fraction of sp³-hybridized carbons (Fsp3) is 0.480. The van der Waals surface area contributed by atoms with E-state index < -0.39 is 43.7 Å². The largest absolute Gasteiger partial charge is 0.466 e. The molecule has 660 valence electrons. The van der Waals surface area contributed by atoms with Crippen LogP contribution in [0.4, 0.5) is 30.5 Å². The first-order valence-corrected chi connectivity index (χ1v) is 44.5. The van der Waals surface area contributed by atoms with Crippen LogP contribution in [0, 0.1) is 65.7 Å². The number of aryl methyl sites for hydroxylation is 8. The smallest absolute Gasteiger partial charge is 0.361 e. The number of esters is 4. The topological polar surface area (TPSA) is 487 Å². The minimum atomic E-state index is -3.30. The van der Waals surface area contributed by atoms with Gasteiger partial charge in [-0.2, -0.15) is 24.5 Å². The minimum absolute atomic E-state index is 0. The predicted molar refractivity (Wildman–Crippen MR) is 473 cm³/mol. The van der Waals surface area contributed by atoms with Crippen LogP contribution < -0.4 is 22.9 Å². The average molecular weight is 1860 g/mol. The maximum absolute atomic E-state index is 12.8.